The van der Waals surface area contributed by atoms with Crippen molar-refractivity contribution in [1.82, 2.24) is 0 Å². The van der Waals surface area contributed by atoms with E-state index in [1.165, 1.54) is 19.3 Å². The maximum absolute atomic E-state index is 12.0. The number of carbonyl (C=O) groups is 2. The van der Waals surface area contributed by atoms with Crippen molar-refractivity contribution in [2.75, 3.05) is 0 Å². The van der Waals surface area contributed by atoms with E-state index >= 15 is 0 Å². The van der Waals surface area contributed by atoms with Gasteiger partial charge in [0.1, 0.15) is 6.10 Å². The summed E-state index contributed by atoms with van der Waals surface area (Å²) in [5.74, 6) is 0.455. The van der Waals surface area contributed by atoms with Crippen molar-refractivity contribution in [3.8, 4) is 0 Å². The Morgan fingerprint density at radius 2 is 2.04 bits per heavy atom. The highest BCUT2D eigenvalue weighted by atomic mass is 16.5. The van der Waals surface area contributed by atoms with Gasteiger partial charge in [0.05, 0.1) is 0 Å². The van der Waals surface area contributed by atoms with Gasteiger partial charge in [0.15, 0.2) is 5.78 Å². The van der Waals surface area contributed by atoms with E-state index in [2.05, 4.69) is 19.1 Å². The highest BCUT2D eigenvalue weighted by Gasteiger charge is 2.28. The summed E-state index contributed by atoms with van der Waals surface area (Å²) in [6.45, 7) is 2.21. The summed E-state index contributed by atoms with van der Waals surface area (Å²) in [5.41, 5.74) is 0. The molecule has 0 amide bonds. The highest BCUT2D eigenvalue weighted by molar-refractivity contribution is 5.94. The van der Waals surface area contributed by atoms with Crippen molar-refractivity contribution >= 4 is 11.8 Å². The van der Waals surface area contributed by atoms with Crippen LogP contribution in [-0.4, -0.2) is 17.9 Å². The third-order valence-corrected chi connectivity index (χ3v) is 4.60. The maximum Gasteiger partial charge on any atom is 0.306 e. The van der Waals surface area contributed by atoms with Crippen LogP contribution in [0.3, 0.4) is 0 Å². The SMILES string of the molecule is CCCCCC=CCC1C=CC(=O)C1CC=CC1CCC(=O)O1. The topological polar surface area (TPSA) is 43.4 Å². The van der Waals surface area contributed by atoms with E-state index in [0.29, 0.717) is 12.3 Å². The Bertz CT molecular complexity index is 487. The fourth-order valence-corrected chi connectivity index (χ4v) is 3.16. The molecule has 0 saturated carbocycles. The van der Waals surface area contributed by atoms with Crippen molar-refractivity contribution < 1.29 is 14.3 Å². The molecule has 0 aromatic heterocycles. The van der Waals surface area contributed by atoms with E-state index in [1.54, 1.807) is 6.08 Å². The van der Waals surface area contributed by atoms with Gasteiger partial charge in [0.2, 0.25) is 0 Å². The van der Waals surface area contributed by atoms with Gasteiger partial charge in [0, 0.05) is 12.3 Å². The number of allylic oxidation sites excluding steroid dienone is 5. The number of cyclic esters (lactones) is 1. The summed E-state index contributed by atoms with van der Waals surface area (Å²) in [5, 5.41) is 0. The monoisotopic (exact) mass is 316 g/mol. The fourth-order valence-electron chi connectivity index (χ4n) is 3.16. The number of carbonyl (C=O) groups excluding carboxylic acids is 2. The van der Waals surface area contributed by atoms with Crippen molar-refractivity contribution in [3.63, 3.8) is 0 Å². The Balaban J connectivity index is 1.74. The first-order chi connectivity index (χ1) is 11.2. The van der Waals surface area contributed by atoms with Gasteiger partial charge in [-0.1, -0.05) is 44.1 Å². The summed E-state index contributed by atoms with van der Waals surface area (Å²) in [7, 11) is 0. The number of hydrogen-bond donors (Lipinski definition) is 0. The number of hydrogen-bond acceptors (Lipinski definition) is 3. The zero-order valence-corrected chi connectivity index (χ0v) is 14.1. The van der Waals surface area contributed by atoms with E-state index in [4.69, 9.17) is 4.74 Å². The first kappa shape index (κ1) is 17.7. The Morgan fingerprint density at radius 3 is 2.78 bits per heavy atom. The first-order valence-electron chi connectivity index (χ1n) is 8.94. The summed E-state index contributed by atoms with van der Waals surface area (Å²) >= 11 is 0. The lowest BCUT2D eigenvalue weighted by atomic mass is 9.88. The Hall–Kier alpha value is -1.64. The molecule has 2 aliphatic rings. The zero-order chi connectivity index (χ0) is 16.5. The molecule has 3 nitrogen and oxygen atoms in total. The fraction of sp³-hybridized carbons (Fsp3) is 0.600. The lowest BCUT2D eigenvalue weighted by Gasteiger charge is -2.15. The zero-order valence-electron chi connectivity index (χ0n) is 14.1. The summed E-state index contributed by atoms with van der Waals surface area (Å²) in [6, 6.07) is 0. The average Bonchev–Trinajstić information content (AvgIpc) is 3.10. The summed E-state index contributed by atoms with van der Waals surface area (Å²) in [4.78, 5) is 23.1. The molecule has 1 saturated heterocycles. The van der Waals surface area contributed by atoms with Gasteiger partial charge in [0.25, 0.3) is 0 Å². The van der Waals surface area contributed by atoms with Crippen LogP contribution in [0.4, 0.5) is 0 Å². The molecule has 3 heteroatoms. The van der Waals surface area contributed by atoms with Gasteiger partial charge in [-0.15, -0.1) is 0 Å². The molecule has 3 unspecified atom stereocenters. The van der Waals surface area contributed by atoms with Gasteiger partial charge in [-0.25, -0.2) is 0 Å². The Labute approximate surface area is 139 Å². The second-order valence-electron chi connectivity index (χ2n) is 6.47. The smallest absolute Gasteiger partial charge is 0.306 e. The molecule has 23 heavy (non-hydrogen) atoms. The molecular weight excluding hydrogens is 288 g/mol. The second-order valence-corrected chi connectivity index (χ2v) is 6.47. The average molecular weight is 316 g/mol. The third-order valence-electron chi connectivity index (χ3n) is 4.60. The van der Waals surface area contributed by atoms with E-state index < -0.39 is 0 Å². The number of rotatable bonds is 9. The molecule has 0 aromatic carbocycles. The minimum Gasteiger partial charge on any atom is -0.458 e. The molecule has 0 radical (unpaired) electrons. The van der Waals surface area contributed by atoms with Crippen LogP contribution < -0.4 is 0 Å². The molecule has 1 fully saturated rings. The van der Waals surface area contributed by atoms with Crippen LogP contribution in [0.5, 0.6) is 0 Å². The van der Waals surface area contributed by atoms with Gasteiger partial charge in [-0.2, -0.15) is 0 Å². The van der Waals surface area contributed by atoms with E-state index in [9.17, 15) is 9.59 Å². The van der Waals surface area contributed by atoms with E-state index in [0.717, 1.165) is 25.7 Å². The molecule has 0 bridgehead atoms. The highest BCUT2D eigenvalue weighted by Crippen LogP contribution is 2.29. The van der Waals surface area contributed by atoms with Gasteiger partial charge < -0.3 is 4.74 Å². The molecule has 0 aromatic rings. The second kappa shape index (κ2) is 9.49. The van der Waals surface area contributed by atoms with Crippen LogP contribution in [-0.2, 0) is 14.3 Å². The lowest BCUT2D eigenvalue weighted by molar-refractivity contribution is -0.140. The number of ether oxygens (including phenoxy) is 1. The maximum atomic E-state index is 12.0. The van der Waals surface area contributed by atoms with Gasteiger partial charge in [-0.05, 0) is 50.2 Å². The van der Waals surface area contributed by atoms with Crippen molar-refractivity contribution in [2.24, 2.45) is 11.8 Å². The quantitative estimate of drug-likeness (QED) is 0.356. The van der Waals surface area contributed by atoms with E-state index in [1.807, 2.05) is 18.2 Å². The third kappa shape index (κ3) is 5.81. The number of ketones is 1. The molecule has 2 rings (SSSR count). The van der Waals surface area contributed by atoms with Crippen LogP contribution in [0.1, 0.15) is 58.3 Å². The van der Waals surface area contributed by atoms with Gasteiger partial charge in [-0.3, -0.25) is 9.59 Å². The van der Waals surface area contributed by atoms with Crippen LogP contribution in [0, 0.1) is 11.8 Å². The predicted molar refractivity (Wildman–Crippen MR) is 91.9 cm³/mol. The number of esters is 1. The van der Waals surface area contributed by atoms with Crippen LogP contribution in [0.25, 0.3) is 0 Å². The number of unbranched alkanes of at least 4 members (excludes halogenated alkanes) is 3. The minimum absolute atomic E-state index is 0.0450. The van der Waals surface area contributed by atoms with Crippen LogP contribution >= 0.6 is 0 Å². The largest absolute Gasteiger partial charge is 0.458 e. The molecule has 1 heterocycles. The van der Waals surface area contributed by atoms with Crippen LogP contribution in [0.2, 0.25) is 0 Å². The normalized spacial score (nSPS) is 27.6. The Kier molecular flexibility index (Phi) is 7.31. The standard InChI is InChI=1S/C20H28O3/c1-2-3-4-5-6-7-9-16-12-14-19(21)18(16)11-8-10-17-13-15-20(22)23-17/h6-8,10,12,14,16-18H,2-5,9,11,13,15H2,1H3. The van der Waals surface area contributed by atoms with E-state index in [-0.39, 0.29) is 23.8 Å². The minimum atomic E-state index is -0.121. The van der Waals surface area contributed by atoms with Crippen molar-refractivity contribution in [1.29, 1.82) is 0 Å². The van der Waals surface area contributed by atoms with Gasteiger partial charge >= 0.3 is 5.97 Å². The Morgan fingerprint density at radius 1 is 1.17 bits per heavy atom. The molecule has 126 valence electrons. The molecule has 0 spiro atoms. The summed E-state index contributed by atoms with van der Waals surface area (Å²) in [6.07, 6.45) is 19.9. The van der Waals surface area contributed by atoms with Crippen LogP contribution in [0.15, 0.2) is 36.5 Å². The molecule has 1 aliphatic heterocycles. The van der Waals surface area contributed by atoms with Crippen molar-refractivity contribution in [3.05, 3.63) is 36.5 Å². The molecule has 1 aliphatic carbocycles. The first-order valence-corrected chi connectivity index (χ1v) is 8.94. The lowest BCUT2D eigenvalue weighted by Crippen LogP contribution is -2.15. The van der Waals surface area contributed by atoms with Crippen molar-refractivity contribution in [2.45, 2.75) is 64.4 Å². The predicted octanol–water partition coefficient (Wildman–Crippen LogP) is 4.54. The summed E-state index contributed by atoms with van der Waals surface area (Å²) < 4.78 is 5.15. The molecular formula is C20H28O3. The molecule has 0 N–H and O–H groups in total. The molecule has 3 atom stereocenters.